The summed E-state index contributed by atoms with van der Waals surface area (Å²) in [6.45, 7) is -1.23. The minimum atomic E-state index is -5.05. The van der Waals surface area contributed by atoms with Crippen molar-refractivity contribution in [3.05, 3.63) is 59.2 Å². The summed E-state index contributed by atoms with van der Waals surface area (Å²) in [4.78, 5) is 12.0. The Bertz CT molecular complexity index is 1030. The number of amides is 1. The first-order chi connectivity index (χ1) is 13.3. The molecule has 0 spiro atoms. The molecule has 0 aliphatic carbocycles. The number of benzene rings is 2. The van der Waals surface area contributed by atoms with E-state index in [0.717, 1.165) is 0 Å². The zero-order valence-electron chi connectivity index (χ0n) is 14.2. The van der Waals surface area contributed by atoms with Gasteiger partial charge in [0.25, 0.3) is 15.9 Å². The zero-order valence-corrected chi connectivity index (χ0v) is 15.0. The molecule has 0 N–H and O–H groups in total. The topological polar surface area (TPSA) is 63.7 Å². The van der Waals surface area contributed by atoms with Crippen molar-refractivity contribution in [2.45, 2.75) is 17.2 Å². The van der Waals surface area contributed by atoms with Crippen molar-refractivity contribution in [2.75, 3.05) is 13.2 Å². The van der Waals surface area contributed by atoms with Crippen molar-refractivity contribution in [2.24, 2.45) is 0 Å². The van der Waals surface area contributed by atoms with Crippen molar-refractivity contribution in [3.63, 3.8) is 0 Å². The lowest BCUT2D eigenvalue weighted by Gasteiger charge is -2.17. The van der Waals surface area contributed by atoms with Crippen LogP contribution in [0, 0.1) is 0 Å². The Balaban J connectivity index is 1.80. The summed E-state index contributed by atoms with van der Waals surface area (Å²) in [6.07, 6.45) is -10.1. The van der Waals surface area contributed by atoms with E-state index >= 15 is 0 Å². The van der Waals surface area contributed by atoms with E-state index in [2.05, 4.69) is 0 Å². The number of ether oxygens (including phenoxy) is 1. The van der Waals surface area contributed by atoms with Crippen LogP contribution >= 0.6 is 0 Å². The lowest BCUT2D eigenvalue weighted by molar-refractivity contribution is -0.143. The Morgan fingerprint density at radius 3 is 1.97 bits per heavy atom. The maximum Gasteiger partial charge on any atom is 0.416 e. The molecule has 0 unspecified atom stereocenters. The van der Waals surface area contributed by atoms with E-state index in [1.807, 2.05) is 0 Å². The largest absolute Gasteiger partial charge is 0.492 e. The molecule has 29 heavy (non-hydrogen) atoms. The molecule has 1 aliphatic heterocycles. The summed E-state index contributed by atoms with van der Waals surface area (Å²) >= 11 is 0. The third-order valence-corrected chi connectivity index (χ3v) is 5.88. The van der Waals surface area contributed by atoms with Crippen LogP contribution in [0.1, 0.15) is 21.5 Å². The van der Waals surface area contributed by atoms with Crippen molar-refractivity contribution < 1.29 is 44.3 Å². The molecule has 3 rings (SSSR count). The van der Waals surface area contributed by atoms with Crippen LogP contribution in [0.5, 0.6) is 5.75 Å². The summed E-state index contributed by atoms with van der Waals surface area (Å²) in [7, 11) is -4.17. The average Bonchev–Trinajstić information content (AvgIpc) is 2.81. The second kappa shape index (κ2) is 6.94. The molecule has 0 saturated carbocycles. The van der Waals surface area contributed by atoms with E-state index in [1.165, 1.54) is 24.3 Å². The van der Waals surface area contributed by atoms with Gasteiger partial charge in [-0.25, -0.2) is 12.7 Å². The monoisotopic (exact) mass is 439 g/mol. The number of carbonyl (C=O) groups excluding carboxylic acids is 1. The number of halogens is 6. The Morgan fingerprint density at radius 2 is 1.45 bits per heavy atom. The fourth-order valence-electron chi connectivity index (χ4n) is 2.71. The SMILES string of the molecule is O=C1c2ccccc2S(=O)(=O)N1CCOc1cc(C(F)(F)F)cc(C(F)(F)F)c1. The lowest BCUT2D eigenvalue weighted by Crippen LogP contribution is -2.33. The smallest absolute Gasteiger partial charge is 0.416 e. The molecule has 5 nitrogen and oxygen atoms in total. The Hall–Kier alpha value is -2.76. The highest BCUT2D eigenvalue weighted by molar-refractivity contribution is 7.90. The number of carbonyl (C=O) groups is 1. The third kappa shape index (κ3) is 4.02. The summed E-state index contributed by atoms with van der Waals surface area (Å²) in [5, 5.41) is 0. The Morgan fingerprint density at radius 1 is 0.897 bits per heavy atom. The third-order valence-electron chi connectivity index (χ3n) is 4.04. The molecule has 0 aromatic heterocycles. The van der Waals surface area contributed by atoms with Gasteiger partial charge in [-0.1, -0.05) is 12.1 Å². The van der Waals surface area contributed by atoms with Gasteiger partial charge in [0.2, 0.25) is 0 Å². The highest BCUT2D eigenvalue weighted by atomic mass is 32.2. The molecule has 12 heteroatoms. The molecule has 0 bridgehead atoms. The van der Waals surface area contributed by atoms with Crippen LogP contribution in [0.15, 0.2) is 47.4 Å². The number of rotatable bonds is 4. The molecule has 0 saturated heterocycles. The molecule has 156 valence electrons. The fraction of sp³-hybridized carbons (Fsp3) is 0.235. The minimum Gasteiger partial charge on any atom is -0.492 e. The molecule has 0 fully saturated rings. The lowest BCUT2D eigenvalue weighted by atomic mass is 10.1. The number of sulfonamides is 1. The predicted octanol–water partition coefficient (Wildman–Crippen LogP) is 3.95. The van der Waals surface area contributed by atoms with E-state index in [-0.39, 0.29) is 16.5 Å². The van der Waals surface area contributed by atoms with Gasteiger partial charge in [-0.3, -0.25) is 4.79 Å². The van der Waals surface area contributed by atoms with Crippen LogP contribution in [0.2, 0.25) is 0 Å². The van der Waals surface area contributed by atoms with Crippen LogP contribution in [0.4, 0.5) is 26.3 Å². The van der Waals surface area contributed by atoms with Gasteiger partial charge in [-0.15, -0.1) is 0 Å². The highest BCUT2D eigenvalue weighted by Gasteiger charge is 2.41. The van der Waals surface area contributed by atoms with E-state index in [4.69, 9.17) is 4.74 Å². The molecule has 1 heterocycles. The number of hydrogen-bond acceptors (Lipinski definition) is 4. The van der Waals surface area contributed by atoms with Gasteiger partial charge in [0, 0.05) is 0 Å². The molecular formula is C17H11F6NO4S. The molecule has 1 aliphatic rings. The fourth-order valence-corrected chi connectivity index (χ4v) is 4.26. The summed E-state index contributed by atoms with van der Waals surface area (Å²) in [5.74, 6) is -1.61. The summed E-state index contributed by atoms with van der Waals surface area (Å²) < 4.78 is 107. The average molecular weight is 439 g/mol. The molecule has 2 aromatic rings. The van der Waals surface area contributed by atoms with E-state index in [1.54, 1.807) is 0 Å². The van der Waals surface area contributed by atoms with E-state index < -0.39 is 58.3 Å². The molecule has 0 atom stereocenters. The first-order valence-corrected chi connectivity index (χ1v) is 9.34. The van der Waals surface area contributed by atoms with Gasteiger partial charge in [0.05, 0.1) is 23.2 Å². The molecule has 0 radical (unpaired) electrons. The second-order valence-electron chi connectivity index (χ2n) is 5.97. The van der Waals surface area contributed by atoms with Crippen molar-refractivity contribution >= 4 is 15.9 Å². The first-order valence-electron chi connectivity index (χ1n) is 7.90. The van der Waals surface area contributed by atoms with E-state index in [9.17, 15) is 39.6 Å². The quantitative estimate of drug-likeness (QED) is 0.677. The maximum atomic E-state index is 12.9. The Kier molecular flexibility index (Phi) is 5.01. The van der Waals surface area contributed by atoms with Crippen molar-refractivity contribution in [1.29, 1.82) is 0 Å². The molecule has 1 amide bonds. The normalized spacial score (nSPS) is 16.1. The van der Waals surface area contributed by atoms with Crippen LogP contribution in [-0.4, -0.2) is 31.8 Å². The van der Waals surface area contributed by atoms with Gasteiger partial charge in [-0.2, -0.15) is 26.3 Å². The first kappa shape index (κ1) is 21.0. The zero-order chi connectivity index (χ0) is 21.6. The van der Waals surface area contributed by atoms with Gasteiger partial charge < -0.3 is 4.74 Å². The van der Waals surface area contributed by atoms with Crippen molar-refractivity contribution in [1.82, 2.24) is 4.31 Å². The number of alkyl halides is 6. The van der Waals surface area contributed by atoms with E-state index in [0.29, 0.717) is 16.4 Å². The maximum absolute atomic E-state index is 12.9. The second-order valence-corrected chi connectivity index (χ2v) is 7.80. The van der Waals surface area contributed by atoms with Crippen LogP contribution in [-0.2, 0) is 22.4 Å². The number of nitrogens with zero attached hydrogens (tertiary/aromatic N) is 1. The van der Waals surface area contributed by atoms with Crippen molar-refractivity contribution in [3.8, 4) is 5.75 Å². The van der Waals surface area contributed by atoms with Crippen LogP contribution in [0.3, 0.4) is 0 Å². The Labute approximate surface area is 160 Å². The van der Waals surface area contributed by atoms with Gasteiger partial charge in [0.15, 0.2) is 0 Å². The molecular weight excluding hydrogens is 428 g/mol. The van der Waals surface area contributed by atoms with Crippen LogP contribution in [0.25, 0.3) is 0 Å². The summed E-state index contributed by atoms with van der Waals surface area (Å²) in [6, 6.07) is 6.04. The van der Waals surface area contributed by atoms with Gasteiger partial charge in [0.1, 0.15) is 17.3 Å². The van der Waals surface area contributed by atoms with Crippen LogP contribution < -0.4 is 4.74 Å². The number of hydrogen-bond donors (Lipinski definition) is 0. The summed E-state index contributed by atoms with van der Waals surface area (Å²) in [5.41, 5.74) is -3.22. The number of fused-ring (bicyclic) bond motifs is 1. The van der Waals surface area contributed by atoms with Gasteiger partial charge >= 0.3 is 12.4 Å². The van der Waals surface area contributed by atoms with Gasteiger partial charge in [-0.05, 0) is 30.3 Å². The highest BCUT2D eigenvalue weighted by Crippen LogP contribution is 2.38. The standard InChI is InChI=1S/C17H11F6NO4S/c18-16(19,20)10-7-11(17(21,22)23)9-12(8-10)28-6-5-24-15(25)13-3-1-2-4-14(13)29(24,26)27/h1-4,7-9H,5-6H2. The predicted molar refractivity (Wildman–Crippen MR) is 86.6 cm³/mol. The minimum absolute atomic E-state index is 0.0576. The molecule has 2 aromatic carbocycles.